The summed E-state index contributed by atoms with van der Waals surface area (Å²) in [6.45, 7) is 0. The molecule has 0 unspecified atom stereocenters. The SMILES string of the molecule is Nc1nc(Cl)ccc1B(O)O. The van der Waals surface area contributed by atoms with E-state index in [-0.39, 0.29) is 16.4 Å². The van der Waals surface area contributed by atoms with Gasteiger partial charge in [-0.25, -0.2) is 4.98 Å². The van der Waals surface area contributed by atoms with Gasteiger partial charge < -0.3 is 15.8 Å². The number of anilines is 1. The zero-order valence-electron chi connectivity index (χ0n) is 5.53. The Labute approximate surface area is 68.8 Å². The molecule has 0 saturated carbocycles. The Bertz CT molecular complexity index is 269. The molecule has 0 amide bonds. The Kier molecular flexibility index (Phi) is 2.33. The Balaban J connectivity index is 3.09. The molecule has 1 aromatic rings. The van der Waals surface area contributed by atoms with Gasteiger partial charge in [0, 0.05) is 5.46 Å². The van der Waals surface area contributed by atoms with E-state index in [9.17, 15) is 0 Å². The normalized spacial score (nSPS) is 9.73. The van der Waals surface area contributed by atoms with Crippen LogP contribution in [-0.2, 0) is 0 Å². The molecule has 4 nitrogen and oxygen atoms in total. The lowest BCUT2D eigenvalue weighted by Crippen LogP contribution is -2.32. The van der Waals surface area contributed by atoms with Gasteiger partial charge in [0.05, 0.1) is 0 Å². The van der Waals surface area contributed by atoms with Gasteiger partial charge in [-0.15, -0.1) is 0 Å². The predicted molar refractivity (Wildman–Crippen MR) is 43.5 cm³/mol. The van der Waals surface area contributed by atoms with Crippen molar-refractivity contribution in [3.63, 3.8) is 0 Å². The van der Waals surface area contributed by atoms with E-state index in [1.807, 2.05) is 0 Å². The number of aromatic nitrogens is 1. The third-order valence-electron chi connectivity index (χ3n) is 1.20. The average molecular weight is 172 g/mol. The highest BCUT2D eigenvalue weighted by atomic mass is 35.5. The van der Waals surface area contributed by atoms with Crippen LogP contribution in [0.3, 0.4) is 0 Å². The minimum atomic E-state index is -1.60. The summed E-state index contributed by atoms with van der Waals surface area (Å²) >= 11 is 5.47. The predicted octanol–water partition coefficient (Wildman–Crippen LogP) is -1.00. The molecule has 1 aromatic heterocycles. The molecule has 0 fully saturated rings. The summed E-state index contributed by atoms with van der Waals surface area (Å²) in [7, 11) is -1.60. The van der Waals surface area contributed by atoms with Crippen LogP contribution in [-0.4, -0.2) is 22.2 Å². The number of nitrogen functional groups attached to an aromatic ring is 1. The molecule has 4 N–H and O–H groups in total. The second-order valence-electron chi connectivity index (χ2n) is 1.98. The lowest BCUT2D eigenvalue weighted by atomic mass is 9.81. The van der Waals surface area contributed by atoms with Crippen LogP contribution in [0.5, 0.6) is 0 Å². The van der Waals surface area contributed by atoms with Gasteiger partial charge >= 0.3 is 7.12 Å². The molecule has 11 heavy (non-hydrogen) atoms. The van der Waals surface area contributed by atoms with E-state index in [1.54, 1.807) is 0 Å². The molecule has 0 spiro atoms. The third kappa shape index (κ3) is 1.83. The summed E-state index contributed by atoms with van der Waals surface area (Å²) in [4.78, 5) is 3.62. The van der Waals surface area contributed by atoms with E-state index < -0.39 is 7.12 Å². The van der Waals surface area contributed by atoms with Crippen molar-refractivity contribution in [3.8, 4) is 0 Å². The highest BCUT2D eigenvalue weighted by Crippen LogP contribution is 2.04. The van der Waals surface area contributed by atoms with Gasteiger partial charge in [0.1, 0.15) is 11.0 Å². The Hall–Kier alpha value is -0.775. The van der Waals surface area contributed by atoms with E-state index in [0.29, 0.717) is 0 Å². The van der Waals surface area contributed by atoms with Crippen molar-refractivity contribution in [2.24, 2.45) is 0 Å². The second-order valence-corrected chi connectivity index (χ2v) is 2.37. The Morgan fingerprint density at radius 2 is 2.09 bits per heavy atom. The monoisotopic (exact) mass is 172 g/mol. The van der Waals surface area contributed by atoms with E-state index in [4.69, 9.17) is 27.4 Å². The molecule has 0 aliphatic rings. The third-order valence-corrected chi connectivity index (χ3v) is 1.41. The standard InChI is InChI=1S/C5H6BClN2O2/c7-4-2-1-3(6(10)11)5(8)9-4/h1-2,10-11H,(H2,8,9). The first-order valence-electron chi connectivity index (χ1n) is 2.89. The van der Waals surface area contributed by atoms with Gasteiger partial charge in [-0.1, -0.05) is 17.7 Å². The van der Waals surface area contributed by atoms with Crippen LogP contribution >= 0.6 is 11.6 Å². The van der Waals surface area contributed by atoms with Crippen LogP contribution in [0.2, 0.25) is 5.15 Å². The summed E-state index contributed by atoms with van der Waals surface area (Å²) in [5.41, 5.74) is 5.47. The first kappa shape index (κ1) is 8.32. The molecule has 0 aliphatic carbocycles. The van der Waals surface area contributed by atoms with E-state index in [1.165, 1.54) is 12.1 Å². The summed E-state index contributed by atoms with van der Waals surface area (Å²) in [5, 5.41) is 17.6. The van der Waals surface area contributed by atoms with Crippen LogP contribution in [0, 0.1) is 0 Å². The first-order valence-corrected chi connectivity index (χ1v) is 3.27. The highest BCUT2D eigenvalue weighted by molar-refractivity contribution is 6.60. The average Bonchev–Trinajstić information content (AvgIpc) is 1.85. The van der Waals surface area contributed by atoms with Crippen LogP contribution in [0.25, 0.3) is 0 Å². The number of rotatable bonds is 1. The second kappa shape index (κ2) is 3.08. The fourth-order valence-electron chi connectivity index (χ4n) is 0.679. The largest absolute Gasteiger partial charge is 0.492 e. The molecule has 0 radical (unpaired) electrons. The Morgan fingerprint density at radius 1 is 1.45 bits per heavy atom. The maximum atomic E-state index is 8.69. The van der Waals surface area contributed by atoms with Crippen molar-refractivity contribution >= 4 is 30.0 Å². The number of pyridine rings is 1. The zero-order valence-corrected chi connectivity index (χ0v) is 6.28. The van der Waals surface area contributed by atoms with Gasteiger partial charge in [0.15, 0.2) is 0 Å². The van der Waals surface area contributed by atoms with Crippen LogP contribution in [0.4, 0.5) is 5.82 Å². The van der Waals surface area contributed by atoms with Crippen molar-refractivity contribution in [1.82, 2.24) is 4.98 Å². The highest BCUT2D eigenvalue weighted by Gasteiger charge is 2.14. The molecule has 0 bridgehead atoms. The number of hydrogen-bond donors (Lipinski definition) is 3. The molecular formula is C5H6BClN2O2. The van der Waals surface area contributed by atoms with Crippen molar-refractivity contribution < 1.29 is 10.0 Å². The molecule has 0 atom stereocenters. The van der Waals surface area contributed by atoms with Crippen molar-refractivity contribution in [2.75, 3.05) is 5.73 Å². The van der Waals surface area contributed by atoms with E-state index in [2.05, 4.69) is 4.98 Å². The van der Waals surface area contributed by atoms with Gasteiger partial charge in [0.25, 0.3) is 0 Å². The molecule has 0 aliphatic heterocycles. The van der Waals surface area contributed by atoms with Crippen LogP contribution in [0.1, 0.15) is 0 Å². The van der Waals surface area contributed by atoms with Gasteiger partial charge in [-0.3, -0.25) is 0 Å². The number of nitrogens with two attached hydrogens (primary N) is 1. The molecule has 1 heterocycles. The minimum Gasteiger partial charge on any atom is -0.423 e. The Morgan fingerprint density at radius 3 is 2.55 bits per heavy atom. The number of halogens is 1. The molecule has 0 saturated heterocycles. The van der Waals surface area contributed by atoms with Gasteiger partial charge in [-0.2, -0.15) is 0 Å². The fourth-order valence-corrected chi connectivity index (χ4v) is 0.833. The topological polar surface area (TPSA) is 79.4 Å². The van der Waals surface area contributed by atoms with Crippen LogP contribution < -0.4 is 11.2 Å². The van der Waals surface area contributed by atoms with Crippen molar-refractivity contribution in [1.29, 1.82) is 0 Å². The molecule has 6 heteroatoms. The summed E-state index contributed by atoms with van der Waals surface area (Å²) in [6, 6.07) is 2.85. The fraction of sp³-hybridized carbons (Fsp3) is 0. The molecule has 1 rings (SSSR count). The van der Waals surface area contributed by atoms with Gasteiger partial charge in [0.2, 0.25) is 0 Å². The molecule has 0 aromatic carbocycles. The lowest BCUT2D eigenvalue weighted by molar-refractivity contribution is 0.426. The summed E-state index contributed by atoms with van der Waals surface area (Å²) in [5.74, 6) is 0.0347. The first-order chi connectivity index (χ1) is 5.11. The number of nitrogens with zero attached hydrogens (tertiary/aromatic N) is 1. The molecular weight excluding hydrogens is 166 g/mol. The quantitative estimate of drug-likeness (QED) is 0.375. The van der Waals surface area contributed by atoms with Gasteiger partial charge in [-0.05, 0) is 6.07 Å². The number of hydrogen-bond acceptors (Lipinski definition) is 4. The maximum absolute atomic E-state index is 8.69. The van der Waals surface area contributed by atoms with Crippen molar-refractivity contribution in [2.45, 2.75) is 0 Å². The van der Waals surface area contributed by atoms with E-state index in [0.717, 1.165) is 0 Å². The summed E-state index contributed by atoms with van der Waals surface area (Å²) in [6.07, 6.45) is 0. The van der Waals surface area contributed by atoms with E-state index >= 15 is 0 Å². The zero-order chi connectivity index (χ0) is 8.43. The summed E-state index contributed by atoms with van der Waals surface area (Å²) < 4.78 is 0. The smallest absolute Gasteiger partial charge is 0.423 e. The van der Waals surface area contributed by atoms with Crippen molar-refractivity contribution in [3.05, 3.63) is 17.3 Å². The minimum absolute atomic E-state index is 0.0347. The molecule has 58 valence electrons. The lowest BCUT2D eigenvalue weighted by Gasteiger charge is -2.01. The van der Waals surface area contributed by atoms with Crippen LogP contribution in [0.15, 0.2) is 12.1 Å². The maximum Gasteiger partial charge on any atom is 0.492 e.